The Morgan fingerprint density at radius 2 is 1.39 bits per heavy atom. The molecule has 0 aliphatic heterocycles. The van der Waals surface area contributed by atoms with E-state index in [0.717, 1.165) is 24.3 Å². The Labute approximate surface area is 111 Å². The molecule has 2 N–H and O–H groups in total. The molecular formula is C16H27NO. The SMILES string of the molecule is NCC1(OC23CC4CC(CC(C4)C2)C3)CCCC1. The van der Waals surface area contributed by atoms with E-state index < -0.39 is 0 Å². The second kappa shape index (κ2) is 3.96. The zero-order valence-corrected chi connectivity index (χ0v) is 11.5. The van der Waals surface area contributed by atoms with Crippen LogP contribution in [0.15, 0.2) is 0 Å². The third-order valence-corrected chi connectivity index (χ3v) is 6.30. The summed E-state index contributed by atoms with van der Waals surface area (Å²) >= 11 is 0. The van der Waals surface area contributed by atoms with Crippen molar-refractivity contribution < 1.29 is 4.74 Å². The van der Waals surface area contributed by atoms with E-state index in [0.29, 0.717) is 0 Å². The Hall–Kier alpha value is -0.0800. The van der Waals surface area contributed by atoms with Crippen molar-refractivity contribution in [3.63, 3.8) is 0 Å². The van der Waals surface area contributed by atoms with Crippen LogP contribution in [0, 0.1) is 17.8 Å². The quantitative estimate of drug-likeness (QED) is 0.833. The molecule has 0 amide bonds. The van der Waals surface area contributed by atoms with Crippen LogP contribution in [-0.4, -0.2) is 17.7 Å². The molecule has 0 aromatic heterocycles. The van der Waals surface area contributed by atoms with Crippen LogP contribution in [0.5, 0.6) is 0 Å². The van der Waals surface area contributed by atoms with Crippen LogP contribution >= 0.6 is 0 Å². The molecule has 5 rings (SSSR count). The van der Waals surface area contributed by atoms with Crippen LogP contribution in [0.1, 0.15) is 64.2 Å². The van der Waals surface area contributed by atoms with Gasteiger partial charge in [-0.1, -0.05) is 12.8 Å². The van der Waals surface area contributed by atoms with Gasteiger partial charge in [0.2, 0.25) is 0 Å². The fourth-order valence-corrected chi connectivity index (χ4v) is 5.98. The van der Waals surface area contributed by atoms with Gasteiger partial charge >= 0.3 is 0 Å². The van der Waals surface area contributed by atoms with Crippen molar-refractivity contribution in [3.05, 3.63) is 0 Å². The molecule has 5 saturated carbocycles. The molecule has 2 nitrogen and oxygen atoms in total. The van der Waals surface area contributed by atoms with E-state index in [4.69, 9.17) is 10.5 Å². The van der Waals surface area contributed by atoms with E-state index >= 15 is 0 Å². The second-order valence-electron chi connectivity index (χ2n) is 7.80. The first-order chi connectivity index (χ1) is 8.71. The Kier molecular flexibility index (Phi) is 2.58. The summed E-state index contributed by atoms with van der Waals surface area (Å²) in [6, 6.07) is 0. The number of nitrogens with two attached hydrogens (primary N) is 1. The van der Waals surface area contributed by atoms with E-state index in [1.54, 1.807) is 0 Å². The highest BCUT2D eigenvalue weighted by Gasteiger charge is 2.54. The van der Waals surface area contributed by atoms with E-state index in [1.165, 1.54) is 64.2 Å². The average Bonchev–Trinajstić information content (AvgIpc) is 2.75. The van der Waals surface area contributed by atoms with Gasteiger partial charge in [0.1, 0.15) is 0 Å². The number of rotatable bonds is 3. The van der Waals surface area contributed by atoms with Gasteiger partial charge in [0, 0.05) is 6.54 Å². The molecule has 4 bridgehead atoms. The monoisotopic (exact) mass is 249 g/mol. The normalized spacial score (nSPS) is 48.8. The highest BCUT2D eigenvalue weighted by Crippen LogP contribution is 2.58. The summed E-state index contributed by atoms with van der Waals surface area (Å²) in [5, 5.41) is 0. The Morgan fingerprint density at radius 1 is 0.889 bits per heavy atom. The molecule has 5 aliphatic rings. The highest BCUT2D eigenvalue weighted by atomic mass is 16.5. The summed E-state index contributed by atoms with van der Waals surface area (Å²) in [6.45, 7) is 0.745. The van der Waals surface area contributed by atoms with E-state index in [9.17, 15) is 0 Å². The van der Waals surface area contributed by atoms with E-state index in [-0.39, 0.29) is 11.2 Å². The summed E-state index contributed by atoms with van der Waals surface area (Å²) < 4.78 is 6.82. The third kappa shape index (κ3) is 1.76. The van der Waals surface area contributed by atoms with Gasteiger partial charge in [-0.15, -0.1) is 0 Å². The molecule has 0 atom stereocenters. The van der Waals surface area contributed by atoms with Crippen molar-refractivity contribution in [2.75, 3.05) is 6.54 Å². The van der Waals surface area contributed by atoms with Crippen molar-refractivity contribution in [1.82, 2.24) is 0 Å². The second-order valence-corrected chi connectivity index (χ2v) is 7.80. The minimum absolute atomic E-state index is 0.0612. The summed E-state index contributed by atoms with van der Waals surface area (Å²) in [5.41, 5.74) is 6.38. The van der Waals surface area contributed by atoms with Crippen LogP contribution in [0.25, 0.3) is 0 Å². The molecule has 102 valence electrons. The molecule has 0 aromatic carbocycles. The van der Waals surface area contributed by atoms with E-state index in [2.05, 4.69) is 0 Å². The minimum atomic E-state index is 0.0612. The summed E-state index contributed by atoms with van der Waals surface area (Å²) in [5.74, 6) is 2.94. The van der Waals surface area contributed by atoms with Gasteiger partial charge in [0.25, 0.3) is 0 Å². The lowest BCUT2D eigenvalue weighted by molar-refractivity contribution is -0.220. The Balaban J connectivity index is 1.56. The van der Waals surface area contributed by atoms with Crippen LogP contribution < -0.4 is 5.73 Å². The molecule has 5 fully saturated rings. The fourth-order valence-electron chi connectivity index (χ4n) is 5.98. The fraction of sp³-hybridized carbons (Fsp3) is 1.00. The molecule has 0 saturated heterocycles. The molecule has 2 heteroatoms. The molecular weight excluding hydrogens is 222 g/mol. The lowest BCUT2D eigenvalue weighted by atomic mass is 9.54. The lowest BCUT2D eigenvalue weighted by Crippen LogP contribution is -2.56. The van der Waals surface area contributed by atoms with Crippen molar-refractivity contribution in [2.45, 2.75) is 75.4 Å². The van der Waals surface area contributed by atoms with Crippen LogP contribution in [-0.2, 0) is 4.74 Å². The first kappa shape index (κ1) is 11.7. The van der Waals surface area contributed by atoms with Gasteiger partial charge in [-0.25, -0.2) is 0 Å². The van der Waals surface area contributed by atoms with Gasteiger partial charge in [-0.05, 0) is 69.1 Å². The van der Waals surface area contributed by atoms with E-state index in [1.807, 2.05) is 0 Å². The zero-order valence-electron chi connectivity index (χ0n) is 11.5. The molecule has 18 heavy (non-hydrogen) atoms. The Morgan fingerprint density at radius 3 is 1.83 bits per heavy atom. The lowest BCUT2D eigenvalue weighted by Gasteiger charge is -2.58. The van der Waals surface area contributed by atoms with Crippen molar-refractivity contribution in [1.29, 1.82) is 0 Å². The van der Waals surface area contributed by atoms with Crippen molar-refractivity contribution in [3.8, 4) is 0 Å². The summed E-state index contributed by atoms with van der Waals surface area (Å²) in [7, 11) is 0. The number of hydrogen-bond acceptors (Lipinski definition) is 2. The van der Waals surface area contributed by atoms with Gasteiger partial charge < -0.3 is 10.5 Å². The maximum absolute atomic E-state index is 6.82. The first-order valence-corrected chi connectivity index (χ1v) is 8.11. The van der Waals surface area contributed by atoms with Gasteiger partial charge in [-0.3, -0.25) is 0 Å². The molecule has 0 spiro atoms. The standard InChI is InChI=1S/C16H27NO/c17-11-15(3-1-2-4-15)18-16-8-12-5-13(9-16)7-14(6-12)10-16/h12-14H,1-11,17H2. The summed E-state index contributed by atoms with van der Waals surface area (Å²) in [4.78, 5) is 0. The molecule has 0 unspecified atom stereocenters. The number of ether oxygens (including phenoxy) is 1. The minimum Gasteiger partial charge on any atom is -0.367 e. The van der Waals surface area contributed by atoms with Crippen molar-refractivity contribution >= 4 is 0 Å². The van der Waals surface area contributed by atoms with Crippen LogP contribution in [0.2, 0.25) is 0 Å². The van der Waals surface area contributed by atoms with Crippen LogP contribution in [0.3, 0.4) is 0 Å². The smallest absolute Gasteiger partial charge is 0.0811 e. The molecule has 0 heterocycles. The zero-order chi connectivity index (χ0) is 12.2. The predicted octanol–water partition coefficient (Wildman–Crippen LogP) is 3.24. The Bertz CT molecular complexity index is 297. The highest BCUT2D eigenvalue weighted by molar-refractivity contribution is 5.05. The summed E-state index contributed by atoms with van der Waals surface area (Å²) in [6.07, 6.45) is 13.6. The molecule has 0 aromatic rings. The topological polar surface area (TPSA) is 35.2 Å². The van der Waals surface area contributed by atoms with Gasteiger partial charge in [-0.2, -0.15) is 0 Å². The maximum atomic E-state index is 6.82. The number of hydrogen-bond donors (Lipinski definition) is 1. The molecule has 0 radical (unpaired) electrons. The van der Waals surface area contributed by atoms with Gasteiger partial charge in [0.05, 0.1) is 11.2 Å². The predicted molar refractivity (Wildman–Crippen MR) is 72.2 cm³/mol. The van der Waals surface area contributed by atoms with Crippen molar-refractivity contribution in [2.24, 2.45) is 23.5 Å². The third-order valence-electron chi connectivity index (χ3n) is 6.30. The average molecular weight is 249 g/mol. The maximum Gasteiger partial charge on any atom is 0.0811 e. The van der Waals surface area contributed by atoms with Crippen LogP contribution in [0.4, 0.5) is 0 Å². The largest absolute Gasteiger partial charge is 0.367 e. The molecule has 5 aliphatic carbocycles. The van der Waals surface area contributed by atoms with Gasteiger partial charge in [0.15, 0.2) is 0 Å². The first-order valence-electron chi connectivity index (χ1n) is 8.11.